The largest absolute Gasteiger partial charge is 0.418 e. The van der Waals surface area contributed by atoms with E-state index in [0.717, 1.165) is 38.5 Å². The molecule has 137 valence electrons. The van der Waals surface area contributed by atoms with Gasteiger partial charge in [-0.1, -0.05) is 59.3 Å². The van der Waals surface area contributed by atoms with E-state index in [-0.39, 0.29) is 0 Å². The maximum absolute atomic E-state index is 6.05. The molecule has 0 fully saturated rings. The molecule has 0 aliphatic heterocycles. The van der Waals surface area contributed by atoms with Crippen LogP contribution in [0.25, 0.3) is 0 Å². The highest BCUT2D eigenvalue weighted by Gasteiger charge is 2.33. The molecule has 0 rings (SSSR count). The first kappa shape index (κ1) is 23.1. The molecule has 0 unspecified atom stereocenters. The monoisotopic (exact) mass is 345 g/mol. The highest BCUT2D eigenvalue weighted by atomic mass is 28.2. The molecular weight excluding hydrogens is 308 g/mol. The summed E-state index contributed by atoms with van der Waals surface area (Å²) >= 11 is 0. The summed E-state index contributed by atoms with van der Waals surface area (Å²) in [5.74, 6) is -0.956. The second kappa shape index (κ2) is 16.9. The predicted molar refractivity (Wildman–Crippen MR) is 95.5 cm³/mol. The molecule has 0 aromatic carbocycles. The molecule has 4 nitrogen and oxygen atoms in total. The lowest BCUT2D eigenvalue weighted by Gasteiger charge is -2.33. The van der Waals surface area contributed by atoms with Crippen LogP contribution in [0.4, 0.5) is 0 Å². The SMILES string of the molecule is CCCCCOC(CCO[Si])(OCCCCC)OCCCCC. The quantitative estimate of drug-likeness (QED) is 0.204. The van der Waals surface area contributed by atoms with Crippen molar-refractivity contribution in [1.82, 2.24) is 0 Å². The number of ether oxygens (including phenoxy) is 3. The van der Waals surface area contributed by atoms with Crippen LogP contribution in [-0.4, -0.2) is 42.9 Å². The fourth-order valence-electron chi connectivity index (χ4n) is 2.26. The zero-order valence-electron chi connectivity index (χ0n) is 15.5. The summed E-state index contributed by atoms with van der Waals surface area (Å²) in [4.78, 5) is 0. The van der Waals surface area contributed by atoms with E-state index in [1.54, 1.807) is 0 Å². The van der Waals surface area contributed by atoms with Crippen LogP contribution in [0.1, 0.15) is 85.0 Å². The number of unbranched alkanes of at least 4 members (excludes halogenated alkanes) is 6. The standard InChI is InChI=1S/C18H37O4Si/c1-4-7-10-14-19-18(13-17-22-23,20-15-11-8-5-2)21-16-12-9-6-3/h4-17H2,1-3H3. The summed E-state index contributed by atoms with van der Waals surface area (Å²) in [7, 11) is 3.06. The second-order valence-corrected chi connectivity index (χ2v) is 6.24. The van der Waals surface area contributed by atoms with Crippen LogP contribution in [0, 0.1) is 0 Å². The Morgan fingerprint density at radius 2 is 1.00 bits per heavy atom. The highest BCUT2D eigenvalue weighted by molar-refractivity contribution is 5.97. The summed E-state index contributed by atoms with van der Waals surface area (Å²) in [6.07, 6.45) is 10.7. The molecule has 0 heterocycles. The Bertz CT molecular complexity index is 208. The van der Waals surface area contributed by atoms with Gasteiger partial charge in [0.2, 0.25) is 10.5 Å². The minimum atomic E-state index is -0.956. The van der Waals surface area contributed by atoms with E-state index in [1.807, 2.05) is 0 Å². The molecule has 0 aromatic rings. The molecule has 3 radical (unpaired) electrons. The molecule has 0 spiro atoms. The first-order valence-electron chi connectivity index (χ1n) is 9.45. The zero-order chi connectivity index (χ0) is 17.2. The Hall–Kier alpha value is 0.0569. The maximum Gasteiger partial charge on any atom is 0.285 e. The Morgan fingerprint density at radius 1 is 0.609 bits per heavy atom. The van der Waals surface area contributed by atoms with Crippen molar-refractivity contribution in [2.45, 2.75) is 91.0 Å². The van der Waals surface area contributed by atoms with E-state index < -0.39 is 5.97 Å². The number of rotatable bonds is 18. The first-order valence-corrected chi connectivity index (χ1v) is 9.85. The molecular formula is C18H37O4Si. The van der Waals surface area contributed by atoms with E-state index >= 15 is 0 Å². The first-order chi connectivity index (χ1) is 11.2. The second-order valence-electron chi connectivity index (χ2n) is 5.95. The van der Waals surface area contributed by atoms with Crippen LogP contribution in [0.5, 0.6) is 0 Å². The van der Waals surface area contributed by atoms with Gasteiger partial charge in [0, 0.05) is 6.61 Å². The minimum absolute atomic E-state index is 0.492. The average molecular weight is 346 g/mol. The van der Waals surface area contributed by atoms with Crippen LogP contribution in [0.3, 0.4) is 0 Å². The van der Waals surface area contributed by atoms with Crippen molar-refractivity contribution in [3.63, 3.8) is 0 Å². The zero-order valence-corrected chi connectivity index (χ0v) is 16.5. The molecule has 0 bridgehead atoms. The Labute approximate surface area is 147 Å². The van der Waals surface area contributed by atoms with Gasteiger partial charge in [-0.2, -0.15) is 0 Å². The van der Waals surface area contributed by atoms with E-state index in [1.165, 1.54) is 19.3 Å². The summed E-state index contributed by atoms with van der Waals surface area (Å²) in [5, 5.41) is 0. The third-order valence-corrected chi connectivity index (χ3v) is 3.92. The van der Waals surface area contributed by atoms with Crippen LogP contribution in [0.15, 0.2) is 0 Å². The van der Waals surface area contributed by atoms with Crippen molar-refractivity contribution in [2.75, 3.05) is 26.4 Å². The molecule has 0 saturated carbocycles. The summed E-state index contributed by atoms with van der Waals surface area (Å²) < 4.78 is 23.2. The minimum Gasteiger partial charge on any atom is -0.418 e. The van der Waals surface area contributed by atoms with Gasteiger partial charge in [-0.3, -0.25) is 0 Å². The maximum atomic E-state index is 6.05. The topological polar surface area (TPSA) is 36.9 Å². The summed E-state index contributed by atoms with van der Waals surface area (Å²) in [6.45, 7) is 9.05. The molecule has 0 aliphatic rings. The highest BCUT2D eigenvalue weighted by Crippen LogP contribution is 2.23. The van der Waals surface area contributed by atoms with Gasteiger partial charge >= 0.3 is 0 Å². The van der Waals surface area contributed by atoms with Gasteiger partial charge in [-0.25, -0.2) is 0 Å². The lowest BCUT2D eigenvalue weighted by Crippen LogP contribution is -2.41. The van der Waals surface area contributed by atoms with Gasteiger partial charge in [0.25, 0.3) is 5.97 Å². The van der Waals surface area contributed by atoms with E-state index in [4.69, 9.17) is 18.6 Å². The normalized spacial score (nSPS) is 12.0. The van der Waals surface area contributed by atoms with Gasteiger partial charge in [0.1, 0.15) is 0 Å². The Balaban J connectivity index is 4.51. The molecule has 0 N–H and O–H groups in total. The smallest absolute Gasteiger partial charge is 0.285 e. The van der Waals surface area contributed by atoms with Crippen LogP contribution in [-0.2, 0) is 18.6 Å². The van der Waals surface area contributed by atoms with E-state index in [2.05, 4.69) is 31.3 Å². The lowest BCUT2D eigenvalue weighted by atomic mass is 10.2. The fourth-order valence-corrected chi connectivity index (χ4v) is 2.36. The van der Waals surface area contributed by atoms with Gasteiger partial charge in [-0.05, 0) is 19.3 Å². The van der Waals surface area contributed by atoms with Gasteiger partial charge in [0.15, 0.2) is 0 Å². The third kappa shape index (κ3) is 13.1. The summed E-state index contributed by atoms with van der Waals surface area (Å²) in [6, 6.07) is 0. The van der Waals surface area contributed by atoms with Gasteiger partial charge in [-0.15, -0.1) is 0 Å². The molecule has 0 aromatic heterocycles. The van der Waals surface area contributed by atoms with Crippen LogP contribution < -0.4 is 0 Å². The number of hydrogen-bond donors (Lipinski definition) is 0. The van der Waals surface area contributed by atoms with Crippen LogP contribution in [0.2, 0.25) is 0 Å². The molecule has 5 heteroatoms. The molecule has 0 aliphatic carbocycles. The lowest BCUT2D eigenvalue weighted by molar-refractivity contribution is -0.385. The van der Waals surface area contributed by atoms with Crippen molar-refractivity contribution in [2.24, 2.45) is 0 Å². The van der Waals surface area contributed by atoms with E-state index in [0.29, 0.717) is 32.8 Å². The van der Waals surface area contributed by atoms with Gasteiger partial charge < -0.3 is 18.6 Å². The van der Waals surface area contributed by atoms with Crippen molar-refractivity contribution in [3.8, 4) is 0 Å². The van der Waals surface area contributed by atoms with Gasteiger partial charge in [0.05, 0.1) is 26.2 Å². The molecule has 0 amide bonds. The van der Waals surface area contributed by atoms with Crippen molar-refractivity contribution in [3.05, 3.63) is 0 Å². The predicted octanol–water partition coefficient (Wildman–Crippen LogP) is 4.75. The van der Waals surface area contributed by atoms with E-state index in [9.17, 15) is 0 Å². The fraction of sp³-hybridized carbons (Fsp3) is 1.00. The third-order valence-electron chi connectivity index (χ3n) is 3.72. The Kier molecular flexibility index (Phi) is 16.9. The molecule has 0 atom stereocenters. The molecule has 23 heavy (non-hydrogen) atoms. The average Bonchev–Trinajstić information content (AvgIpc) is 2.57. The van der Waals surface area contributed by atoms with Crippen molar-refractivity contribution >= 4 is 10.5 Å². The number of hydrogen-bond acceptors (Lipinski definition) is 4. The van der Waals surface area contributed by atoms with Crippen LogP contribution >= 0.6 is 0 Å². The van der Waals surface area contributed by atoms with Crippen molar-refractivity contribution in [1.29, 1.82) is 0 Å². The molecule has 0 saturated heterocycles. The Morgan fingerprint density at radius 3 is 1.30 bits per heavy atom. The van der Waals surface area contributed by atoms with Crippen molar-refractivity contribution < 1.29 is 18.6 Å². The summed E-state index contributed by atoms with van der Waals surface area (Å²) in [5.41, 5.74) is 0.